The summed E-state index contributed by atoms with van der Waals surface area (Å²) >= 11 is 0. The summed E-state index contributed by atoms with van der Waals surface area (Å²) in [7, 11) is 0. The van der Waals surface area contributed by atoms with Gasteiger partial charge >= 0.3 is 5.97 Å². The van der Waals surface area contributed by atoms with Crippen molar-refractivity contribution in [3.05, 3.63) is 70.8 Å². The fourth-order valence-electron chi connectivity index (χ4n) is 1.81. The second kappa shape index (κ2) is 6.05. The van der Waals surface area contributed by atoms with Gasteiger partial charge in [-0.05, 0) is 36.8 Å². The average molecular weight is 282 g/mol. The van der Waals surface area contributed by atoms with Crippen molar-refractivity contribution in [1.82, 2.24) is 0 Å². The molecule has 0 amide bonds. The maximum absolute atomic E-state index is 12.0. The molecule has 4 nitrogen and oxygen atoms in total. The third kappa shape index (κ3) is 3.57. The Bertz CT molecular complexity index is 712. The molecule has 0 fully saturated rings. The maximum atomic E-state index is 12.0. The molecular weight excluding hydrogens is 268 g/mol. The van der Waals surface area contributed by atoms with E-state index in [1.165, 1.54) is 24.3 Å². The number of carboxylic acids is 1. The number of phenols is 1. The largest absolute Gasteiger partial charge is 0.507 e. The summed E-state index contributed by atoms with van der Waals surface area (Å²) in [5.74, 6) is -1.83. The molecule has 21 heavy (non-hydrogen) atoms. The second-order valence-electron chi connectivity index (χ2n) is 4.65. The Morgan fingerprint density at radius 2 is 1.71 bits per heavy atom. The molecule has 0 spiro atoms. The number of ketones is 1. The average Bonchev–Trinajstić information content (AvgIpc) is 2.46. The number of rotatable bonds is 4. The van der Waals surface area contributed by atoms with E-state index in [2.05, 4.69) is 0 Å². The zero-order chi connectivity index (χ0) is 15.4. The number of allylic oxidation sites excluding steroid dienone is 1. The van der Waals surface area contributed by atoms with E-state index in [0.717, 1.165) is 11.1 Å². The van der Waals surface area contributed by atoms with Crippen molar-refractivity contribution in [1.29, 1.82) is 0 Å². The van der Waals surface area contributed by atoms with Gasteiger partial charge in [0.1, 0.15) is 5.75 Å². The minimum atomic E-state index is -1.15. The number of hydrogen-bond acceptors (Lipinski definition) is 3. The number of aromatic carboxylic acids is 1. The van der Waals surface area contributed by atoms with Crippen molar-refractivity contribution >= 4 is 17.8 Å². The van der Waals surface area contributed by atoms with Crippen LogP contribution in [0.1, 0.15) is 31.8 Å². The normalized spacial score (nSPS) is 10.7. The Labute approximate surface area is 122 Å². The van der Waals surface area contributed by atoms with Gasteiger partial charge < -0.3 is 10.2 Å². The van der Waals surface area contributed by atoms with Crippen LogP contribution in [-0.2, 0) is 0 Å². The van der Waals surface area contributed by atoms with Crippen LogP contribution in [0.4, 0.5) is 0 Å². The van der Waals surface area contributed by atoms with Crippen molar-refractivity contribution in [2.75, 3.05) is 0 Å². The summed E-state index contributed by atoms with van der Waals surface area (Å²) in [6.07, 6.45) is 2.93. The lowest BCUT2D eigenvalue weighted by atomic mass is 10.0. The van der Waals surface area contributed by atoms with E-state index < -0.39 is 11.8 Å². The first kappa shape index (κ1) is 14.5. The van der Waals surface area contributed by atoms with E-state index in [9.17, 15) is 14.7 Å². The van der Waals surface area contributed by atoms with Gasteiger partial charge in [0.15, 0.2) is 5.78 Å². The molecule has 2 rings (SSSR count). The van der Waals surface area contributed by atoms with Crippen LogP contribution in [-0.4, -0.2) is 22.0 Å². The molecule has 2 aromatic carbocycles. The molecule has 0 bridgehead atoms. The molecule has 0 aromatic heterocycles. The summed E-state index contributed by atoms with van der Waals surface area (Å²) < 4.78 is 0. The predicted octanol–water partition coefficient (Wildman–Crippen LogP) is 3.29. The minimum Gasteiger partial charge on any atom is -0.507 e. The fraction of sp³-hybridized carbons (Fsp3) is 0.0588. The molecular formula is C17H14O4. The smallest absolute Gasteiger partial charge is 0.335 e. The van der Waals surface area contributed by atoms with Gasteiger partial charge in [0.2, 0.25) is 0 Å². The number of aryl methyl sites for hydroxylation is 1. The Kier molecular flexibility index (Phi) is 4.18. The first-order chi connectivity index (χ1) is 9.97. The molecule has 2 N–H and O–H groups in total. The highest BCUT2D eigenvalue weighted by Gasteiger charge is 2.12. The van der Waals surface area contributed by atoms with Gasteiger partial charge in [-0.1, -0.05) is 35.9 Å². The van der Waals surface area contributed by atoms with Crippen molar-refractivity contribution in [2.24, 2.45) is 0 Å². The zero-order valence-electron chi connectivity index (χ0n) is 11.4. The first-order valence-electron chi connectivity index (χ1n) is 6.33. The molecule has 0 atom stereocenters. The quantitative estimate of drug-likeness (QED) is 0.666. The first-order valence-corrected chi connectivity index (χ1v) is 6.33. The van der Waals surface area contributed by atoms with Gasteiger partial charge in [0.05, 0.1) is 11.1 Å². The predicted molar refractivity (Wildman–Crippen MR) is 79.6 cm³/mol. The third-order valence-corrected chi connectivity index (χ3v) is 3.01. The van der Waals surface area contributed by atoms with E-state index in [4.69, 9.17) is 5.11 Å². The molecule has 0 aliphatic carbocycles. The van der Waals surface area contributed by atoms with Crippen molar-refractivity contribution < 1.29 is 19.8 Å². The molecule has 0 saturated carbocycles. The summed E-state index contributed by atoms with van der Waals surface area (Å²) in [4.78, 5) is 22.9. The summed E-state index contributed by atoms with van der Waals surface area (Å²) in [6.45, 7) is 1.97. The van der Waals surface area contributed by atoms with Gasteiger partial charge in [-0.25, -0.2) is 4.79 Å². The van der Waals surface area contributed by atoms with Crippen LogP contribution in [0.2, 0.25) is 0 Å². The zero-order valence-corrected chi connectivity index (χ0v) is 11.4. The molecule has 0 aliphatic rings. The lowest BCUT2D eigenvalue weighted by Crippen LogP contribution is -2.01. The topological polar surface area (TPSA) is 74.6 Å². The van der Waals surface area contributed by atoms with Crippen LogP contribution < -0.4 is 0 Å². The molecule has 0 saturated heterocycles. The van der Waals surface area contributed by atoms with Crippen LogP contribution in [0.3, 0.4) is 0 Å². The molecule has 106 valence electrons. The maximum Gasteiger partial charge on any atom is 0.335 e. The van der Waals surface area contributed by atoms with Crippen LogP contribution in [0, 0.1) is 6.92 Å². The van der Waals surface area contributed by atoms with E-state index in [0.29, 0.717) is 0 Å². The number of phenolic OH excluding ortho intramolecular Hbond substituents is 1. The fourth-order valence-corrected chi connectivity index (χ4v) is 1.81. The number of carboxylic acid groups (broad SMARTS) is 1. The Morgan fingerprint density at radius 3 is 2.33 bits per heavy atom. The summed E-state index contributed by atoms with van der Waals surface area (Å²) in [5, 5.41) is 18.6. The molecule has 0 aliphatic heterocycles. The minimum absolute atomic E-state index is 0.0294. The van der Waals surface area contributed by atoms with Gasteiger partial charge in [-0.3, -0.25) is 4.79 Å². The SMILES string of the molecule is Cc1ccc(/C=C/C(=O)c2cc(C(=O)O)ccc2O)cc1. The highest BCUT2D eigenvalue weighted by molar-refractivity contribution is 6.09. The molecule has 0 radical (unpaired) electrons. The molecule has 4 heteroatoms. The standard InChI is InChI=1S/C17H14O4/c1-11-2-4-12(5-3-11)6-8-15(18)14-10-13(17(20)21)7-9-16(14)19/h2-10,19H,1H3,(H,20,21)/b8-6+. The van der Waals surface area contributed by atoms with Crippen LogP contribution in [0.25, 0.3) is 6.08 Å². The Balaban J connectivity index is 2.25. The molecule has 0 unspecified atom stereocenters. The van der Waals surface area contributed by atoms with Gasteiger partial charge in [-0.2, -0.15) is 0 Å². The Hall–Kier alpha value is -2.88. The monoisotopic (exact) mass is 282 g/mol. The highest BCUT2D eigenvalue weighted by atomic mass is 16.4. The van der Waals surface area contributed by atoms with Gasteiger partial charge in [0.25, 0.3) is 0 Å². The summed E-state index contributed by atoms with van der Waals surface area (Å²) in [6, 6.07) is 11.2. The molecule has 0 heterocycles. The highest BCUT2D eigenvalue weighted by Crippen LogP contribution is 2.20. The van der Waals surface area contributed by atoms with Crippen LogP contribution in [0.5, 0.6) is 5.75 Å². The van der Waals surface area contributed by atoms with Crippen molar-refractivity contribution in [3.8, 4) is 5.75 Å². The number of hydrogen-bond donors (Lipinski definition) is 2. The van der Waals surface area contributed by atoms with E-state index in [1.54, 1.807) is 6.08 Å². The van der Waals surface area contributed by atoms with E-state index in [1.807, 2.05) is 31.2 Å². The number of carbonyl (C=O) groups excluding carboxylic acids is 1. The van der Waals surface area contributed by atoms with E-state index in [-0.39, 0.29) is 16.9 Å². The summed E-state index contributed by atoms with van der Waals surface area (Å²) in [5.41, 5.74) is 1.89. The number of benzene rings is 2. The van der Waals surface area contributed by atoms with Gasteiger partial charge in [0, 0.05) is 0 Å². The lowest BCUT2D eigenvalue weighted by molar-refractivity contribution is 0.0697. The number of carbonyl (C=O) groups is 2. The van der Waals surface area contributed by atoms with Gasteiger partial charge in [-0.15, -0.1) is 0 Å². The van der Waals surface area contributed by atoms with Crippen molar-refractivity contribution in [2.45, 2.75) is 6.92 Å². The second-order valence-corrected chi connectivity index (χ2v) is 4.65. The van der Waals surface area contributed by atoms with Crippen LogP contribution >= 0.6 is 0 Å². The number of aromatic hydroxyl groups is 1. The lowest BCUT2D eigenvalue weighted by Gasteiger charge is -2.02. The Morgan fingerprint density at radius 1 is 1.05 bits per heavy atom. The van der Waals surface area contributed by atoms with Crippen molar-refractivity contribution in [3.63, 3.8) is 0 Å². The van der Waals surface area contributed by atoms with E-state index >= 15 is 0 Å². The van der Waals surface area contributed by atoms with Crippen LogP contribution in [0.15, 0.2) is 48.5 Å². The third-order valence-electron chi connectivity index (χ3n) is 3.01. The molecule has 2 aromatic rings.